The van der Waals surface area contributed by atoms with E-state index in [9.17, 15) is 0 Å². The van der Waals surface area contributed by atoms with Gasteiger partial charge in [-0.05, 0) is 51.4 Å². The third-order valence-corrected chi connectivity index (χ3v) is 3.19. The molecular formula is C19H34. The van der Waals surface area contributed by atoms with Gasteiger partial charge in [0.05, 0.1) is 0 Å². The monoisotopic (exact) mass is 262 g/mol. The first-order valence-electron chi connectivity index (χ1n) is 8.36. The van der Waals surface area contributed by atoms with Crippen molar-refractivity contribution >= 4 is 0 Å². The van der Waals surface area contributed by atoms with Gasteiger partial charge >= 0.3 is 0 Å². The van der Waals surface area contributed by atoms with E-state index in [0.29, 0.717) is 0 Å². The van der Waals surface area contributed by atoms with Crippen molar-refractivity contribution in [2.24, 2.45) is 0 Å². The van der Waals surface area contributed by atoms with E-state index in [1.54, 1.807) is 0 Å². The van der Waals surface area contributed by atoms with Crippen LogP contribution < -0.4 is 0 Å². The number of hydrogen-bond acceptors (Lipinski definition) is 0. The topological polar surface area (TPSA) is 0 Å². The fourth-order valence-corrected chi connectivity index (χ4v) is 1.95. The molecule has 0 rings (SSSR count). The smallest absolute Gasteiger partial charge is 0.0169 e. The van der Waals surface area contributed by atoms with Gasteiger partial charge in [0.15, 0.2) is 0 Å². The van der Waals surface area contributed by atoms with Gasteiger partial charge in [-0.3, -0.25) is 0 Å². The number of allylic oxidation sites excluding steroid dienone is 6. The van der Waals surface area contributed by atoms with E-state index < -0.39 is 0 Å². The van der Waals surface area contributed by atoms with Gasteiger partial charge < -0.3 is 0 Å². The predicted octanol–water partition coefficient (Wildman–Crippen LogP) is 6.99. The molecule has 0 spiro atoms. The molecule has 0 heteroatoms. The molecule has 110 valence electrons. The van der Waals surface area contributed by atoms with E-state index in [4.69, 9.17) is 0 Å². The van der Waals surface area contributed by atoms with Crippen LogP contribution in [-0.2, 0) is 0 Å². The molecule has 0 N–H and O–H groups in total. The van der Waals surface area contributed by atoms with Gasteiger partial charge in [-0.15, -0.1) is 0 Å². The van der Waals surface area contributed by atoms with Crippen LogP contribution in [0.2, 0.25) is 0 Å². The zero-order chi connectivity index (χ0) is 14.0. The van der Waals surface area contributed by atoms with Crippen molar-refractivity contribution in [2.45, 2.75) is 84.5 Å². The molecule has 0 radical (unpaired) electrons. The molecule has 0 aromatic carbocycles. The van der Waals surface area contributed by atoms with E-state index in [1.807, 2.05) is 0 Å². The van der Waals surface area contributed by atoms with Gasteiger partial charge in [-0.25, -0.2) is 0 Å². The summed E-state index contributed by atoms with van der Waals surface area (Å²) >= 11 is 0. The third-order valence-electron chi connectivity index (χ3n) is 3.19. The number of unbranched alkanes of at least 4 members (excludes halogenated alkanes) is 7. The van der Waals surface area contributed by atoms with E-state index >= 15 is 0 Å². The van der Waals surface area contributed by atoms with Crippen LogP contribution in [0.5, 0.6) is 0 Å². The Hall–Kier alpha value is -0.780. The summed E-state index contributed by atoms with van der Waals surface area (Å²) in [4.78, 5) is 0. The first-order valence-corrected chi connectivity index (χ1v) is 8.36. The van der Waals surface area contributed by atoms with Crippen LogP contribution >= 0.6 is 0 Å². The molecule has 0 nitrogen and oxygen atoms in total. The van der Waals surface area contributed by atoms with E-state index in [2.05, 4.69) is 50.3 Å². The maximum atomic E-state index is 2.37. The van der Waals surface area contributed by atoms with Gasteiger partial charge in [0.1, 0.15) is 0 Å². The molecule has 0 fully saturated rings. The molecule has 0 saturated heterocycles. The predicted molar refractivity (Wildman–Crippen MR) is 89.6 cm³/mol. The van der Waals surface area contributed by atoms with Crippen molar-refractivity contribution in [1.29, 1.82) is 0 Å². The highest BCUT2D eigenvalue weighted by Crippen LogP contribution is 2.05. The Balaban J connectivity index is 3.19. The molecule has 0 aliphatic carbocycles. The van der Waals surface area contributed by atoms with Crippen LogP contribution in [-0.4, -0.2) is 0 Å². The maximum absolute atomic E-state index is 2.37. The van der Waals surface area contributed by atoms with Crippen molar-refractivity contribution in [2.75, 3.05) is 0 Å². The van der Waals surface area contributed by atoms with Crippen molar-refractivity contribution in [3.05, 3.63) is 36.5 Å². The van der Waals surface area contributed by atoms with Gasteiger partial charge in [0.25, 0.3) is 0 Å². The first-order chi connectivity index (χ1) is 9.41. The van der Waals surface area contributed by atoms with Crippen molar-refractivity contribution in [3.8, 4) is 0 Å². The minimum absolute atomic E-state index is 1.11. The lowest BCUT2D eigenvalue weighted by molar-refractivity contribution is 0.723. The molecule has 0 aliphatic heterocycles. The fraction of sp³-hybridized carbons (Fsp3) is 0.684. The lowest BCUT2D eigenvalue weighted by atomic mass is 10.1. The second-order valence-electron chi connectivity index (χ2n) is 5.22. The number of hydrogen-bond donors (Lipinski definition) is 0. The van der Waals surface area contributed by atoms with Crippen LogP contribution in [0.4, 0.5) is 0 Å². The van der Waals surface area contributed by atoms with Gasteiger partial charge in [0, 0.05) is 0 Å². The molecular weight excluding hydrogens is 228 g/mol. The van der Waals surface area contributed by atoms with E-state index in [-0.39, 0.29) is 0 Å². The second kappa shape index (κ2) is 17.2. The second-order valence-corrected chi connectivity index (χ2v) is 5.22. The van der Waals surface area contributed by atoms with Crippen molar-refractivity contribution < 1.29 is 0 Å². The zero-order valence-electron chi connectivity index (χ0n) is 13.2. The highest BCUT2D eigenvalue weighted by molar-refractivity contribution is 4.92. The van der Waals surface area contributed by atoms with Gasteiger partial charge in [0.2, 0.25) is 0 Å². The average Bonchev–Trinajstić information content (AvgIpc) is 2.43. The summed E-state index contributed by atoms with van der Waals surface area (Å²) in [6.07, 6.45) is 28.0. The molecule has 0 amide bonds. The standard InChI is InChI=1S/C19H34/c1-3-5-7-9-11-13-15-17-19-18-16-14-12-10-8-6-4-2/h7,9,12-15H,3-6,8,10-11,16-19H2,1-2H3/b9-7+,14-12-,15-13-. The average molecular weight is 262 g/mol. The fourth-order valence-electron chi connectivity index (χ4n) is 1.95. The number of rotatable bonds is 13. The molecule has 0 bridgehead atoms. The van der Waals surface area contributed by atoms with Crippen LogP contribution in [0.1, 0.15) is 84.5 Å². The third kappa shape index (κ3) is 17.2. The minimum Gasteiger partial charge on any atom is -0.0885 e. The summed E-state index contributed by atoms with van der Waals surface area (Å²) in [5, 5.41) is 0. The molecule has 0 heterocycles. The summed E-state index contributed by atoms with van der Waals surface area (Å²) in [6, 6.07) is 0. The Morgan fingerprint density at radius 3 is 1.47 bits per heavy atom. The lowest BCUT2D eigenvalue weighted by Gasteiger charge is -1.94. The van der Waals surface area contributed by atoms with Crippen LogP contribution in [0.3, 0.4) is 0 Å². The van der Waals surface area contributed by atoms with Gasteiger partial charge in [-0.2, -0.15) is 0 Å². The highest BCUT2D eigenvalue weighted by atomic mass is 13.9. The van der Waals surface area contributed by atoms with Crippen molar-refractivity contribution in [1.82, 2.24) is 0 Å². The quantitative estimate of drug-likeness (QED) is 0.248. The van der Waals surface area contributed by atoms with Crippen LogP contribution in [0.15, 0.2) is 36.5 Å². The van der Waals surface area contributed by atoms with Gasteiger partial charge in [-0.1, -0.05) is 69.6 Å². The lowest BCUT2D eigenvalue weighted by Crippen LogP contribution is -1.74. The highest BCUT2D eigenvalue weighted by Gasteiger charge is 1.84. The Morgan fingerprint density at radius 2 is 0.947 bits per heavy atom. The normalized spacial score (nSPS) is 12.3. The first kappa shape index (κ1) is 18.2. The molecule has 0 aliphatic rings. The summed E-state index contributed by atoms with van der Waals surface area (Å²) in [5.41, 5.74) is 0. The maximum Gasteiger partial charge on any atom is -0.0169 e. The Kier molecular flexibility index (Phi) is 16.5. The van der Waals surface area contributed by atoms with Crippen LogP contribution in [0.25, 0.3) is 0 Å². The largest absolute Gasteiger partial charge is 0.0885 e. The SMILES string of the molecule is CCC/C=C/C/C=C\CCCC/C=C\CCCCC. The van der Waals surface area contributed by atoms with E-state index in [0.717, 1.165) is 6.42 Å². The van der Waals surface area contributed by atoms with Crippen molar-refractivity contribution in [3.63, 3.8) is 0 Å². The molecule has 19 heavy (non-hydrogen) atoms. The molecule has 0 aromatic rings. The molecule has 0 atom stereocenters. The van der Waals surface area contributed by atoms with Crippen LogP contribution in [0, 0.1) is 0 Å². The molecule has 0 aromatic heterocycles. The summed E-state index contributed by atoms with van der Waals surface area (Å²) in [7, 11) is 0. The molecule has 0 saturated carbocycles. The Bertz CT molecular complexity index is 232. The molecule has 0 unspecified atom stereocenters. The Morgan fingerprint density at radius 1 is 0.474 bits per heavy atom. The Labute approximate surface area is 121 Å². The summed E-state index contributed by atoms with van der Waals surface area (Å²) < 4.78 is 0. The summed E-state index contributed by atoms with van der Waals surface area (Å²) in [6.45, 7) is 4.48. The minimum atomic E-state index is 1.11. The zero-order valence-corrected chi connectivity index (χ0v) is 13.2. The summed E-state index contributed by atoms with van der Waals surface area (Å²) in [5.74, 6) is 0. The van der Waals surface area contributed by atoms with E-state index in [1.165, 1.54) is 64.2 Å².